The zero-order valence-electron chi connectivity index (χ0n) is 11.4. The van der Waals surface area contributed by atoms with Crippen molar-refractivity contribution in [1.29, 1.82) is 0 Å². The zero-order valence-corrected chi connectivity index (χ0v) is 12.2. The first-order valence-electron chi connectivity index (χ1n) is 6.88. The highest BCUT2D eigenvalue weighted by atomic mass is 35.5. The second kappa shape index (κ2) is 5.83. The molecule has 2 rings (SSSR count). The fourth-order valence-electron chi connectivity index (χ4n) is 2.96. The second-order valence-electron chi connectivity index (χ2n) is 5.42. The van der Waals surface area contributed by atoms with Crippen molar-refractivity contribution >= 4 is 23.2 Å². The third-order valence-corrected chi connectivity index (χ3v) is 4.67. The molecule has 19 heavy (non-hydrogen) atoms. The molecular weight excluding hydrogens is 260 g/mol. The minimum absolute atomic E-state index is 0.0584. The lowest BCUT2D eigenvalue weighted by molar-refractivity contribution is 0.0926. The van der Waals surface area contributed by atoms with Crippen molar-refractivity contribution in [2.45, 2.75) is 39.2 Å². The van der Waals surface area contributed by atoms with Gasteiger partial charge in [-0.2, -0.15) is 0 Å². The van der Waals surface area contributed by atoms with Gasteiger partial charge in [-0.15, -0.1) is 0 Å². The molecule has 3 nitrogen and oxygen atoms in total. The number of carbonyl (C=O) groups excluding carboxylic acids is 1. The van der Waals surface area contributed by atoms with E-state index in [1.54, 1.807) is 18.2 Å². The van der Waals surface area contributed by atoms with Crippen molar-refractivity contribution in [2.75, 3.05) is 5.73 Å². The third-order valence-electron chi connectivity index (χ3n) is 4.33. The Bertz CT molecular complexity index is 475. The van der Waals surface area contributed by atoms with Gasteiger partial charge in [0.15, 0.2) is 0 Å². The summed E-state index contributed by atoms with van der Waals surface area (Å²) in [6.45, 7) is 4.44. The van der Waals surface area contributed by atoms with Crippen LogP contribution in [0.3, 0.4) is 0 Å². The van der Waals surface area contributed by atoms with Crippen LogP contribution in [0.5, 0.6) is 0 Å². The van der Waals surface area contributed by atoms with Gasteiger partial charge in [0.25, 0.3) is 5.91 Å². The minimum atomic E-state index is -0.0584. The topological polar surface area (TPSA) is 55.1 Å². The number of hydrogen-bond acceptors (Lipinski definition) is 2. The summed E-state index contributed by atoms with van der Waals surface area (Å²) in [4.78, 5) is 12.2. The van der Waals surface area contributed by atoms with Gasteiger partial charge in [0.1, 0.15) is 0 Å². The van der Waals surface area contributed by atoms with Crippen molar-refractivity contribution in [3.05, 3.63) is 28.8 Å². The summed E-state index contributed by atoms with van der Waals surface area (Å²) in [5.41, 5.74) is 6.75. The molecule has 1 fully saturated rings. The van der Waals surface area contributed by atoms with Crippen molar-refractivity contribution in [3.63, 3.8) is 0 Å². The van der Waals surface area contributed by atoms with Crippen molar-refractivity contribution < 1.29 is 4.79 Å². The molecular formula is C15H21ClN2O. The molecule has 3 N–H and O–H groups in total. The number of anilines is 1. The normalized spacial score (nSPS) is 26.4. The highest BCUT2D eigenvalue weighted by Gasteiger charge is 2.32. The van der Waals surface area contributed by atoms with Gasteiger partial charge in [-0.05, 0) is 42.9 Å². The molecule has 0 heterocycles. The predicted octanol–water partition coefficient (Wildman–Crippen LogP) is 3.48. The summed E-state index contributed by atoms with van der Waals surface area (Å²) in [7, 11) is 0. The maximum Gasteiger partial charge on any atom is 0.251 e. The number of halogens is 1. The molecule has 0 saturated heterocycles. The van der Waals surface area contributed by atoms with Crippen LogP contribution in [-0.2, 0) is 0 Å². The van der Waals surface area contributed by atoms with E-state index in [0.29, 0.717) is 22.2 Å². The number of nitrogens with one attached hydrogen (secondary N) is 1. The summed E-state index contributed by atoms with van der Waals surface area (Å²) >= 11 is 5.86. The summed E-state index contributed by atoms with van der Waals surface area (Å²) in [5.74, 6) is 1.20. The Hall–Kier alpha value is -1.22. The molecule has 4 heteroatoms. The maximum absolute atomic E-state index is 12.2. The summed E-state index contributed by atoms with van der Waals surface area (Å²) < 4.78 is 0. The third kappa shape index (κ3) is 3.03. The van der Waals surface area contributed by atoms with Crippen LogP contribution in [0.15, 0.2) is 18.2 Å². The van der Waals surface area contributed by atoms with Gasteiger partial charge in [0.2, 0.25) is 0 Å². The van der Waals surface area contributed by atoms with Gasteiger partial charge in [-0.25, -0.2) is 0 Å². The van der Waals surface area contributed by atoms with E-state index in [0.717, 1.165) is 12.3 Å². The van der Waals surface area contributed by atoms with E-state index in [2.05, 4.69) is 19.2 Å². The molecule has 3 atom stereocenters. The highest BCUT2D eigenvalue weighted by Crippen LogP contribution is 2.34. The lowest BCUT2D eigenvalue weighted by Gasteiger charge is -2.21. The number of nitrogen functional groups attached to an aromatic ring is 1. The fourth-order valence-corrected chi connectivity index (χ4v) is 3.08. The van der Waals surface area contributed by atoms with E-state index in [9.17, 15) is 4.79 Å². The van der Waals surface area contributed by atoms with Gasteiger partial charge in [0.05, 0.1) is 10.7 Å². The predicted molar refractivity (Wildman–Crippen MR) is 79.3 cm³/mol. The molecule has 1 aliphatic carbocycles. The first kappa shape index (κ1) is 14.2. The van der Waals surface area contributed by atoms with Crippen LogP contribution in [0.25, 0.3) is 0 Å². The summed E-state index contributed by atoms with van der Waals surface area (Å²) in [5, 5.41) is 3.60. The van der Waals surface area contributed by atoms with E-state index < -0.39 is 0 Å². The standard InChI is InChI=1S/C15H21ClN2O/c1-3-10-5-7-14(9(10)2)18-15(19)11-4-6-12(16)13(17)8-11/h4,6,8-10,14H,3,5,7,17H2,1-2H3,(H,18,19). The van der Waals surface area contributed by atoms with Crippen LogP contribution in [-0.4, -0.2) is 11.9 Å². The average molecular weight is 281 g/mol. The smallest absolute Gasteiger partial charge is 0.251 e. The quantitative estimate of drug-likeness (QED) is 0.833. The molecule has 1 aromatic carbocycles. The molecule has 0 aromatic heterocycles. The lowest BCUT2D eigenvalue weighted by Crippen LogP contribution is -2.37. The number of hydrogen-bond donors (Lipinski definition) is 2. The number of rotatable bonds is 3. The Labute approximate surface area is 119 Å². The van der Waals surface area contributed by atoms with Crippen molar-refractivity contribution in [1.82, 2.24) is 5.32 Å². The van der Waals surface area contributed by atoms with Gasteiger partial charge < -0.3 is 11.1 Å². The Morgan fingerprint density at radius 3 is 2.79 bits per heavy atom. The molecule has 0 aliphatic heterocycles. The summed E-state index contributed by atoms with van der Waals surface area (Å²) in [6, 6.07) is 5.28. The molecule has 0 spiro atoms. The van der Waals surface area contributed by atoms with E-state index >= 15 is 0 Å². The zero-order chi connectivity index (χ0) is 14.0. The Kier molecular flexibility index (Phi) is 4.35. The molecule has 1 saturated carbocycles. The lowest BCUT2D eigenvalue weighted by atomic mass is 9.93. The number of amides is 1. The van der Waals surface area contributed by atoms with Crippen LogP contribution in [0.2, 0.25) is 5.02 Å². The van der Waals surface area contributed by atoms with Crippen molar-refractivity contribution in [3.8, 4) is 0 Å². The second-order valence-corrected chi connectivity index (χ2v) is 5.83. The minimum Gasteiger partial charge on any atom is -0.398 e. The molecule has 0 radical (unpaired) electrons. The summed E-state index contributed by atoms with van der Waals surface area (Å²) in [6.07, 6.45) is 3.45. The molecule has 1 aromatic rings. The van der Waals surface area contributed by atoms with E-state index in [1.165, 1.54) is 12.8 Å². The van der Waals surface area contributed by atoms with Gasteiger partial charge in [-0.1, -0.05) is 31.9 Å². The number of benzene rings is 1. The Morgan fingerprint density at radius 2 is 2.21 bits per heavy atom. The number of carbonyl (C=O) groups is 1. The highest BCUT2D eigenvalue weighted by molar-refractivity contribution is 6.33. The largest absolute Gasteiger partial charge is 0.398 e. The molecule has 0 bridgehead atoms. The Morgan fingerprint density at radius 1 is 1.47 bits per heavy atom. The monoisotopic (exact) mass is 280 g/mol. The fraction of sp³-hybridized carbons (Fsp3) is 0.533. The van der Waals surface area contributed by atoms with Crippen LogP contribution < -0.4 is 11.1 Å². The molecule has 104 valence electrons. The first-order chi connectivity index (χ1) is 9.02. The molecule has 1 aliphatic rings. The average Bonchev–Trinajstić information content (AvgIpc) is 2.73. The van der Waals surface area contributed by atoms with Gasteiger partial charge in [-0.3, -0.25) is 4.79 Å². The molecule has 1 amide bonds. The van der Waals surface area contributed by atoms with Crippen LogP contribution in [0.4, 0.5) is 5.69 Å². The SMILES string of the molecule is CCC1CCC(NC(=O)c2ccc(Cl)c(N)c2)C1C. The number of nitrogens with two attached hydrogens (primary N) is 1. The van der Waals surface area contributed by atoms with E-state index in [4.69, 9.17) is 17.3 Å². The van der Waals surface area contributed by atoms with Crippen LogP contribution in [0.1, 0.15) is 43.5 Å². The van der Waals surface area contributed by atoms with Crippen molar-refractivity contribution in [2.24, 2.45) is 11.8 Å². The van der Waals surface area contributed by atoms with Crippen LogP contribution >= 0.6 is 11.6 Å². The molecule has 3 unspecified atom stereocenters. The first-order valence-corrected chi connectivity index (χ1v) is 7.26. The van der Waals surface area contributed by atoms with Gasteiger partial charge in [0, 0.05) is 11.6 Å². The van der Waals surface area contributed by atoms with E-state index in [-0.39, 0.29) is 11.9 Å². The Balaban J connectivity index is 2.03. The van der Waals surface area contributed by atoms with Crippen LogP contribution in [0, 0.1) is 11.8 Å². The van der Waals surface area contributed by atoms with Gasteiger partial charge >= 0.3 is 0 Å². The van der Waals surface area contributed by atoms with E-state index in [1.807, 2.05) is 0 Å². The maximum atomic E-state index is 12.2.